The van der Waals surface area contributed by atoms with Crippen LogP contribution in [0.25, 0.3) is 0 Å². The van der Waals surface area contributed by atoms with Crippen molar-refractivity contribution < 1.29 is 9.90 Å². The second kappa shape index (κ2) is 5.72. The Labute approximate surface area is 93.3 Å². The van der Waals surface area contributed by atoms with Crippen LogP contribution in [0.1, 0.15) is 11.8 Å². The van der Waals surface area contributed by atoms with Gasteiger partial charge in [-0.05, 0) is 25.0 Å². The molecule has 0 radical (unpaired) electrons. The molecule has 4 nitrogen and oxygen atoms in total. The van der Waals surface area contributed by atoms with E-state index in [-0.39, 0.29) is 18.6 Å². The SMILES string of the molecule is Cc1ccc(NC(=O)NCC(C)CO)s1. The third-order valence-corrected chi connectivity index (χ3v) is 2.82. The molecule has 1 aromatic rings. The topological polar surface area (TPSA) is 61.4 Å². The lowest BCUT2D eigenvalue weighted by molar-refractivity contribution is 0.227. The molecule has 0 aliphatic carbocycles. The van der Waals surface area contributed by atoms with Crippen LogP contribution < -0.4 is 10.6 Å². The predicted octanol–water partition coefficient (Wildman–Crippen LogP) is 1.81. The van der Waals surface area contributed by atoms with Crippen molar-refractivity contribution in [3.05, 3.63) is 17.0 Å². The van der Waals surface area contributed by atoms with Gasteiger partial charge in [-0.3, -0.25) is 5.32 Å². The third kappa shape index (κ3) is 4.31. The van der Waals surface area contributed by atoms with E-state index >= 15 is 0 Å². The molecule has 1 heterocycles. The monoisotopic (exact) mass is 228 g/mol. The van der Waals surface area contributed by atoms with E-state index in [4.69, 9.17) is 5.11 Å². The number of anilines is 1. The standard InChI is InChI=1S/C10H16N2O2S/c1-7(6-13)5-11-10(14)12-9-4-3-8(2)15-9/h3-4,7,13H,5-6H2,1-2H3,(H2,11,12,14). The summed E-state index contributed by atoms with van der Waals surface area (Å²) in [7, 11) is 0. The van der Waals surface area contributed by atoms with Gasteiger partial charge in [0.25, 0.3) is 0 Å². The quantitative estimate of drug-likeness (QED) is 0.736. The van der Waals surface area contributed by atoms with Gasteiger partial charge >= 0.3 is 6.03 Å². The minimum absolute atomic E-state index is 0.0817. The summed E-state index contributed by atoms with van der Waals surface area (Å²) in [4.78, 5) is 12.5. The highest BCUT2D eigenvalue weighted by Crippen LogP contribution is 2.20. The Balaban J connectivity index is 2.30. The molecule has 84 valence electrons. The Hall–Kier alpha value is -1.07. The van der Waals surface area contributed by atoms with Crippen LogP contribution in [0.3, 0.4) is 0 Å². The number of urea groups is 1. The Morgan fingerprint density at radius 3 is 2.87 bits per heavy atom. The number of amides is 2. The highest BCUT2D eigenvalue weighted by Gasteiger charge is 2.05. The van der Waals surface area contributed by atoms with Crippen LogP contribution in [0.15, 0.2) is 12.1 Å². The van der Waals surface area contributed by atoms with Crippen LogP contribution >= 0.6 is 11.3 Å². The first-order valence-electron chi connectivity index (χ1n) is 4.84. The molecule has 0 saturated heterocycles. The molecule has 3 N–H and O–H groups in total. The lowest BCUT2D eigenvalue weighted by Gasteiger charge is -2.09. The van der Waals surface area contributed by atoms with Gasteiger partial charge in [-0.2, -0.15) is 0 Å². The Bertz CT molecular complexity index is 325. The Morgan fingerprint density at radius 2 is 2.33 bits per heavy atom. The molecule has 0 saturated carbocycles. The van der Waals surface area contributed by atoms with Crippen molar-refractivity contribution in [3.8, 4) is 0 Å². The van der Waals surface area contributed by atoms with E-state index in [2.05, 4.69) is 10.6 Å². The van der Waals surface area contributed by atoms with Crippen molar-refractivity contribution >= 4 is 22.4 Å². The third-order valence-electron chi connectivity index (χ3n) is 1.90. The summed E-state index contributed by atoms with van der Waals surface area (Å²) in [6, 6.07) is 3.60. The number of carbonyl (C=O) groups is 1. The maximum absolute atomic E-state index is 11.3. The Kier molecular flexibility index (Phi) is 4.58. The van der Waals surface area contributed by atoms with Crippen molar-refractivity contribution in [1.82, 2.24) is 5.32 Å². The molecule has 2 amide bonds. The van der Waals surface area contributed by atoms with Gasteiger partial charge < -0.3 is 10.4 Å². The minimum atomic E-state index is -0.225. The lowest BCUT2D eigenvalue weighted by atomic mass is 10.2. The second-order valence-electron chi connectivity index (χ2n) is 3.53. The van der Waals surface area contributed by atoms with E-state index in [1.807, 2.05) is 26.0 Å². The summed E-state index contributed by atoms with van der Waals surface area (Å²) in [5.41, 5.74) is 0. The van der Waals surface area contributed by atoms with Crippen LogP contribution in [-0.2, 0) is 0 Å². The molecule has 0 aliphatic rings. The van der Waals surface area contributed by atoms with Gasteiger partial charge in [0.05, 0.1) is 5.00 Å². The average molecular weight is 228 g/mol. The summed E-state index contributed by atoms with van der Waals surface area (Å²) in [6.07, 6.45) is 0. The summed E-state index contributed by atoms with van der Waals surface area (Å²) in [6.45, 7) is 4.42. The largest absolute Gasteiger partial charge is 0.396 e. The normalized spacial score (nSPS) is 12.2. The summed E-state index contributed by atoms with van der Waals surface area (Å²) < 4.78 is 0. The lowest BCUT2D eigenvalue weighted by Crippen LogP contribution is -2.33. The van der Waals surface area contributed by atoms with Crippen molar-refractivity contribution in [3.63, 3.8) is 0 Å². The molecule has 1 unspecified atom stereocenters. The smallest absolute Gasteiger partial charge is 0.319 e. The van der Waals surface area contributed by atoms with E-state index in [9.17, 15) is 4.79 Å². The number of aliphatic hydroxyl groups excluding tert-OH is 1. The molecule has 15 heavy (non-hydrogen) atoms. The zero-order chi connectivity index (χ0) is 11.3. The molecule has 0 fully saturated rings. The zero-order valence-electron chi connectivity index (χ0n) is 8.91. The highest BCUT2D eigenvalue weighted by molar-refractivity contribution is 7.16. The highest BCUT2D eigenvalue weighted by atomic mass is 32.1. The molecule has 0 spiro atoms. The maximum Gasteiger partial charge on any atom is 0.319 e. The van der Waals surface area contributed by atoms with Crippen LogP contribution in [-0.4, -0.2) is 24.3 Å². The van der Waals surface area contributed by atoms with Crippen molar-refractivity contribution in [2.75, 3.05) is 18.5 Å². The van der Waals surface area contributed by atoms with Gasteiger partial charge in [-0.15, -0.1) is 11.3 Å². The number of aryl methyl sites for hydroxylation is 1. The van der Waals surface area contributed by atoms with E-state index in [0.717, 1.165) is 9.88 Å². The van der Waals surface area contributed by atoms with Crippen LogP contribution in [0.2, 0.25) is 0 Å². The van der Waals surface area contributed by atoms with Crippen molar-refractivity contribution in [2.45, 2.75) is 13.8 Å². The summed E-state index contributed by atoms with van der Waals surface area (Å²) in [5, 5.41) is 15.0. The molecule has 0 aliphatic heterocycles. The van der Waals surface area contributed by atoms with Gasteiger partial charge in [0.15, 0.2) is 0 Å². The first-order valence-corrected chi connectivity index (χ1v) is 5.65. The van der Waals surface area contributed by atoms with Gasteiger partial charge in [0.1, 0.15) is 0 Å². The number of carbonyl (C=O) groups excluding carboxylic acids is 1. The van der Waals surface area contributed by atoms with Crippen LogP contribution in [0.4, 0.5) is 9.80 Å². The first kappa shape index (κ1) is 12.0. The van der Waals surface area contributed by atoms with Crippen molar-refractivity contribution in [1.29, 1.82) is 0 Å². The fourth-order valence-electron chi connectivity index (χ4n) is 0.989. The first-order chi connectivity index (χ1) is 7.11. The van der Waals surface area contributed by atoms with E-state index in [1.165, 1.54) is 11.3 Å². The average Bonchev–Trinajstić information content (AvgIpc) is 2.60. The molecular weight excluding hydrogens is 212 g/mol. The van der Waals surface area contributed by atoms with Gasteiger partial charge in [0, 0.05) is 18.0 Å². The molecule has 0 aromatic carbocycles. The minimum Gasteiger partial charge on any atom is -0.396 e. The van der Waals surface area contributed by atoms with Crippen LogP contribution in [0.5, 0.6) is 0 Å². The number of hydrogen-bond donors (Lipinski definition) is 3. The van der Waals surface area contributed by atoms with Crippen molar-refractivity contribution in [2.24, 2.45) is 5.92 Å². The predicted molar refractivity (Wildman–Crippen MR) is 62.3 cm³/mol. The fourth-order valence-corrected chi connectivity index (χ4v) is 1.75. The molecule has 5 heteroatoms. The summed E-state index contributed by atoms with van der Waals surface area (Å²) >= 11 is 1.53. The molecule has 0 bridgehead atoms. The number of aliphatic hydroxyl groups is 1. The van der Waals surface area contributed by atoms with E-state index < -0.39 is 0 Å². The molecule has 1 aromatic heterocycles. The Morgan fingerprint density at radius 1 is 1.60 bits per heavy atom. The van der Waals surface area contributed by atoms with Crippen LogP contribution in [0, 0.1) is 12.8 Å². The fraction of sp³-hybridized carbons (Fsp3) is 0.500. The van der Waals surface area contributed by atoms with E-state index in [1.54, 1.807) is 0 Å². The molecule has 1 rings (SSSR count). The maximum atomic E-state index is 11.3. The summed E-state index contributed by atoms with van der Waals surface area (Å²) in [5.74, 6) is 0.0841. The number of rotatable bonds is 4. The van der Waals surface area contributed by atoms with Gasteiger partial charge in [0.2, 0.25) is 0 Å². The van der Waals surface area contributed by atoms with Gasteiger partial charge in [-0.1, -0.05) is 6.92 Å². The zero-order valence-corrected chi connectivity index (χ0v) is 9.73. The second-order valence-corrected chi connectivity index (χ2v) is 4.82. The van der Waals surface area contributed by atoms with Gasteiger partial charge in [-0.25, -0.2) is 4.79 Å². The number of hydrogen-bond acceptors (Lipinski definition) is 3. The molecule has 1 atom stereocenters. The van der Waals surface area contributed by atoms with E-state index in [0.29, 0.717) is 6.54 Å². The number of thiophene rings is 1. The number of nitrogens with one attached hydrogen (secondary N) is 2. The molecular formula is C10H16N2O2S.